The lowest BCUT2D eigenvalue weighted by atomic mass is 10.1. The van der Waals surface area contributed by atoms with Crippen molar-refractivity contribution in [1.29, 1.82) is 0 Å². The van der Waals surface area contributed by atoms with Crippen LogP contribution >= 0.6 is 22.9 Å². The number of hydrogen-bond acceptors (Lipinski definition) is 3. The molecule has 5 heteroatoms. The zero-order valence-corrected chi connectivity index (χ0v) is 10.8. The standard InChI is InChI=1S/C12H11ClN2OS/c1-8(9-4-2-3-5-10(9)13)15-12(16)11-6-17-7-14-11/h2-8H,1H3,(H,15,16). The summed E-state index contributed by atoms with van der Waals surface area (Å²) in [6.45, 7) is 1.89. The normalized spacial score (nSPS) is 12.1. The van der Waals surface area contributed by atoms with E-state index in [9.17, 15) is 4.79 Å². The fourth-order valence-electron chi connectivity index (χ4n) is 1.50. The Morgan fingerprint density at radius 1 is 1.47 bits per heavy atom. The van der Waals surface area contributed by atoms with E-state index in [-0.39, 0.29) is 11.9 Å². The second-order valence-corrected chi connectivity index (χ2v) is 4.72. The van der Waals surface area contributed by atoms with Crippen molar-refractivity contribution in [2.45, 2.75) is 13.0 Å². The molecule has 0 saturated carbocycles. The van der Waals surface area contributed by atoms with Gasteiger partial charge in [0.2, 0.25) is 0 Å². The third-order valence-electron chi connectivity index (χ3n) is 2.38. The summed E-state index contributed by atoms with van der Waals surface area (Å²) in [4.78, 5) is 15.7. The van der Waals surface area contributed by atoms with E-state index in [1.165, 1.54) is 11.3 Å². The Morgan fingerprint density at radius 3 is 2.88 bits per heavy atom. The maximum atomic E-state index is 11.8. The quantitative estimate of drug-likeness (QED) is 0.926. The van der Waals surface area contributed by atoms with Crippen LogP contribution in [0.15, 0.2) is 35.2 Å². The molecule has 2 rings (SSSR count). The van der Waals surface area contributed by atoms with Crippen LogP contribution in [0.25, 0.3) is 0 Å². The fourth-order valence-corrected chi connectivity index (χ4v) is 2.33. The first-order valence-corrected chi connectivity index (χ1v) is 6.44. The van der Waals surface area contributed by atoms with Crippen LogP contribution in [0.1, 0.15) is 29.0 Å². The number of thiazole rings is 1. The molecule has 0 bridgehead atoms. The van der Waals surface area contributed by atoms with Crippen LogP contribution in [-0.2, 0) is 0 Å². The van der Waals surface area contributed by atoms with Gasteiger partial charge in [-0.25, -0.2) is 4.98 Å². The van der Waals surface area contributed by atoms with Crippen molar-refractivity contribution in [3.05, 3.63) is 51.4 Å². The molecule has 1 atom stereocenters. The lowest BCUT2D eigenvalue weighted by Gasteiger charge is -2.14. The van der Waals surface area contributed by atoms with Crippen molar-refractivity contribution in [1.82, 2.24) is 10.3 Å². The number of nitrogens with one attached hydrogen (secondary N) is 1. The van der Waals surface area contributed by atoms with Crippen LogP contribution in [0, 0.1) is 0 Å². The number of hydrogen-bond donors (Lipinski definition) is 1. The minimum absolute atomic E-state index is 0.141. The molecule has 3 nitrogen and oxygen atoms in total. The van der Waals surface area contributed by atoms with E-state index < -0.39 is 0 Å². The van der Waals surface area contributed by atoms with Gasteiger partial charge in [0.05, 0.1) is 11.6 Å². The highest BCUT2D eigenvalue weighted by Crippen LogP contribution is 2.22. The molecule has 0 aliphatic rings. The van der Waals surface area contributed by atoms with Gasteiger partial charge in [0.1, 0.15) is 5.69 Å². The first-order chi connectivity index (χ1) is 8.18. The zero-order chi connectivity index (χ0) is 12.3. The molecule has 1 aromatic carbocycles. The monoisotopic (exact) mass is 266 g/mol. The fraction of sp³-hybridized carbons (Fsp3) is 0.167. The smallest absolute Gasteiger partial charge is 0.271 e. The van der Waals surface area contributed by atoms with Gasteiger partial charge >= 0.3 is 0 Å². The van der Waals surface area contributed by atoms with Gasteiger partial charge < -0.3 is 5.32 Å². The molecule has 0 aliphatic carbocycles. The number of benzene rings is 1. The molecule has 1 amide bonds. The minimum Gasteiger partial charge on any atom is -0.344 e. The van der Waals surface area contributed by atoms with Gasteiger partial charge in [-0.3, -0.25) is 4.79 Å². The van der Waals surface area contributed by atoms with Crippen LogP contribution in [0.3, 0.4) is 0 Å². The highest BCUT2D eigenvalue weighted by molar-refractivity contribution is 7.07. The van der Waals surface area contributed by atoms with Crippen molar-refractivity contribution in [2.24, 2.45) is 0 Å². The molecule has 1 unspecified atom stereocenters. The number of carbonyl (C=O) groups excluding carboxylic acids is 1. The van der Waals surface area contributed by atoms with E-state index in [4.69, 9.17) is 11.6 Å². The predicted molar refractivity (Wildman–Crippen MR) is 69.4 cm³/mol. The molecule has 0 radical (unpaired) electrons. The third-order valence-corrected chi connectivity index (χ3v) is 3.31. The molecule has 0 saturated heterocycles. The highest BCUT2D eigenvalue weighted by Gasteiger charge is 2.14. The van der Waals surface area contributed by atoms with E-state index in [1.807, 2.05) is 31.2 Å². The molecule has 1 aromatic heterocycles. The predicted octanol–water partition coefficient (Wildman–Crippen LogP) is 3.29. The topological polar surface area (TPSA) is 42.0 Å². The summed E-state index contributed by atoms with van der Waals surface area (Å²) < 4.78 is 0. The van der Waals surface area contributed by atoms with Crippen LogP contribution in [0.5, 0.6) is 0 Å². The molecule has 0 aliphatic heterocycles. The van der Waals surface area contributed by atoms with E-state index in [2.05, 4.69) is 10.3 Å². The van der Waals surface area contributed by atoms with Crippen molar-refractivity contribution < 1.29 is 4.79 Å². The average molecular weight is 267 g/mol. The maximum absolute atomic E-state index is 11.8. The molecule has 1 N–H and O–H groups in total. The first-order valence-electron chi connectivity index (χ1n) is 5.12. The highest BCUT2D eigenvalue weighted by atomic mass is 35.5. The molecule has 17 heavy (non-hydrogen) atoms. The van der Waals surface area contributed by atoms with E-state index in [1.54, 1.807) is 10.9 Å². The molecule has 2 aromatic rings. The zero-order valence-electron chi connectivity index (χ0n) is 9.18. The number of rotatable bonds is 3. The van der Waals surface area contributed by atoms with Crippen LogP contribution in [0.4, 0.5) is 0 Å². The Balaban J connectivity index is 2.10. The van der Waals surface area contributed by atoms with Crippen LogP contribution in [0.2, 0.25) is 5.02 Å². The van der Waals surface area contributed by atoms with Crippen LogP contribution < -0.4 is 5.32 Å². The van der Waals surface area contributed by atoms with Crippen molar-refractivity contribution in [3.63, 3.8) is 0 Å². The molecule has 0 fully saturated rings. The molecular formula is C12H11ClN2OS. The first kappa shape index (κ1) is 12.1. The second kappa shape index (κ2) is 5.29. The Bertz CT molecular complexity index is 513. The summed E-state index contributed by atoms with van der Waals surface area (Å²) in [6.07, 6.45) is 0. The number of carbonyl (C=O) groups is 1. The van der Waals surface area contributed by atoms with Gasteiger partial charge in [-0.1, -0.05) is 29.8 Å². The summed E-state index contributed by atoms with van der Waals surface area (Å²) in [5.41, 5.74) is 2.97. The van der Waals surface area contributed by atoms with Crippen LogP contribution in [-0.4, -0.2) is 10.9 Å². The lowest BCUT2D eigenvalue weighted by Crippen LogP contribution is -2.27. The number of amides is 1. The number of halogens is 1. The van der Waals surface area contributed by atoms with Gasteiger partial charge in [0, 0.05) is 10.4 Å². The molecule has 0 spiro atoms. The third kappa shape index (κ3) is 2.84. The Morgan fingerprint density at radius 2 is 2.24 bits per heavy atom. The van der Waals surface area contributed by atoms with Gasteiger partial charge in [0.25, 0.3) is 5.91 Å². The van der Waals surface area contributed by atoms with Gasteiger partial charge in [-0.2, -0.15) is 0 Å². The average Bonchev–Trinajstić information content (AvgIpc) is 2.82. The second-order valence-electron chi connectivity index (χ2n) is 3.59. The Kier molecular flexibility index (Phi) is 3.76. The van der Waals surface area contributed by atoms with Gasteiger partial charge in [-0.15, -0.1) is 11.3 Å². The van der Waals surface area contributed by atoms with Crippen molar-refractivity contribution in [3.8, 4) is 0 Å². The summed E-state index contributed by atoms with van der Waals surface area (Å²) >= 11 is 7.46. The number of aromatic nitrogens is 1. The lowest BCUT2D eigenvalue weighted by molar-refractivity contribution is 0.0935. The molecule has 88 valence electrons. The summed E-state index contributed by atoms with van der Waals surface area (Å²) in [6, 6.07) is 7.32. The van der Waals surface area contributed by atoms with E-state index >= 15 is 0 Å². The number of nitrogens with zero attached hydrogens (tertiary/aromatic N) is 1. The van der Waals surface area contributed by atoms with Gasteiger partial charge in [-0.05, 0) is 18.6 Å². The summed E-state index contributed by atoms with van der Waals surface area (Å²) in [5, 5.41) is 5.23. The van der Waals surface area contributed by atoms with Crippen molar-refractivity contribution >= 4 is 28.8 Å². The van der Waals surface area contributed by atoms with E-state index in [0.717, 1.165) is 5.56 Å². The maximum Gasteiger partial charge on any atom is 0.271 e. The summed E-state index contributed by atoms with van der Waals surface area (Å²) in [5.74, 6) is -0.182. The van der Waals surface area contributed by atoms with Crippen molar-refractivity contribution in [2.75, 3.05) is 0 Å². The van der Waals surface area contributed by atoms with Gasteiger partial charge in [0.15, 0.2) is 0 Å². The molecular weight excluding hydrogens is 256 g/mol. The minimum atomic E-state index is -0.182. The SMILES string of the molecule is CC(NC(=O)c1cscn1)c1ccccc1Cl. The molecule has 1 heterocycles. The summed E-state index contributed by atoms with van der Waals surface area (Å²) in [7, 11) is 0. The Hall–Kier alpha value is -1.39. The Labute approximate surface area is 108 Å². The largest absolute Gasteiger partial charge is 0.344 e. The van der Waals surface area contributed by atoms with E-state index in [0.29, 0.717) is 10.7 Å².